The van der Waals surface area contributed by atoms with Crippen LogP contribution >= 0.6 is 15.9 Å². The molecule has 0 bridgehead atoms. The maximum atomic E-state index is 12.5. The highest BCUT2D eigenvalue weighted by Crippen LogP contribution is 2.15. The van der Waals surface area contributed by atoms with Crippen molar-refractivity contribution >= 4 is 33.5 Å². The number of nitrogens with zero attached hydrogens (tertiary/aromatic N) is 2. The summed E-state index contributed by atoms with van der Waals surface area (Å²) in [5.41, 5.74) is 1.51. The molecule has 0 spiro atoms. The summed E-state index contributed by atoms with van der Waals surface area (Å²) in [6.45, 7) is 0. The van der Waals surface area contributed by atoms with Crippen LogP contribution in [0.3, 0.4) is 0 Å². The lowest BCUT2D eigenvalue weighted by molar-refractivity contribution is 0.102. The van der Waals surface area contributed by atoms with E-state index in [1.54, 1.807) is 41.5 Å². The van der Waals surface area contributed by atoms with Crippen molar-refractivity contribution in [3.8, 4) is 0 Å². The molecule has 4 nitrogen and oxygen atoms in total. The normalized spacial score (nSPS) is 12.0. The van der Waals surface area contributed by atoms with Crippen molar-refractivity contribution in [2.24, 2.45) is 0 Å². The number of benzene rings is 1. The van der Waals surface area contributed by atoms with E-state index in [9.17, 15) is 4.79 Å². The van der Waals surface area contributed by atoms with Gasteiger partial charge in [-0.3, -0.25) is 4.79 Å². The fourth-order valence-corrected chi connectivity index (χ4v) is 2.30. The number of aromatic nitrogens is 2. The van der Waals surface area contributed by atoms with Crippen molar-refractivity contribution in [1.29, 1.82) is 0 Å². The molecule has 0 saturated heterocycles. The number of imidazole rings is 1. The Hall–Kier alpha value is -2.66. The monoisotopic (exact) mass is 368 g/mol. The highest BCUT2D eigenvalue weighted by molar-refractivity contribution is 9.10. The van der Waals surface area contributed by atoms with Crippen LogP contribution in [0.2, 0.25) is 0 Å². The molecule has 0 aliphatic rings. The molecule has 0 fully saturated rings. The van der Waals surface area contributed by atoms with Crippen LogP contribution in [0.5, 0.6) is 0 Å². The van der Waals surface area contributed by atoms with Gasteiger partial charge >= 0.3 is 0 Å². The lowest BCUT2D eigenvalue weighted by atomic mass is 10.2. The van der Waals surface area contributed by atoms with E-state index in [0.29, 0.717) is 11.5 Å². The number of hydrogen-bond acceptors (Lipinski definition) is 3. The van der Waals surface area contributed by atoms with Crippen molar-refractivity contribution < 1.29 is 9.21 Å². The fraction of sp³-hybridized carbons (Fsp3) is 0. The molecule has 2 aromatic heterocycles. The van der Waals surface area contributed by atoms with Gasteiger partial charge in [-0.1, -0.05) is 40.2 Å². The maximum Gasteiger partial charge on any atom is 0.244 e. The molecular weight excluding hydrogens is 356 g/mol. The van der Waals surface area contributed by atoms with Gasteiger partial charge in [0.05, 0.1) is 18.3 Å². The summed E-state index contributed by atoms with van der Waals surface area (Å²) >= 11 is 3.40. The molecule has 0 radical (unpaired) electrons. The van der Waals surface area contributed by atoms with Gasteiger partial charge < -0.3 is 8.98 Å². The molecule has 0 unspecified atom stereocenters. The smallest absolute Gasteiger partial charge is 0.244 e. The van der Waals surface area contributed by atoms with Gasteiger partial charge in [0, 0.05) is 16.9 Å². The van der Waals surface area contributed by atoms with E-state index in [1.165, 1.54) is 6.26 Å². The Labute approximate surface area is 141 Å². The average Bonchev–Trinajstić information content (AvgIpc) is 3.26. The minimum atomic E-state index is -0.201. The van der Waals surface area contributed by atoms with E-state index in [2.05, 4.69) is 20.9 Å². The second-order valence-corrected chi connectivity index (χ2v) is 5.65. The highest BCUT2D eigenvalue weighted by atomic mass is 79.9. The molecule has 1 aromatic carbocycles. The molecule has 0 saturated carbocycles. The third kappa shape index (κ3) is 3.76. The van der Waals surface area contributed by atoms with Crippen LogP contribution in [-0.4, -0.2) is 15.3 Å². The Morgan fingerprint density at radius 1 is 1.22 bits per heavy atom. The molecule has 3 aromatic rings. The topological polar surface area (TPSA) is 48.0 Å². The molecular formula is C18H13BrN2O2. The number of furan rings is 1. The largest absolute Gasteiger partial charge is 0.461 e. The Kier molecular flexibility index (Phi) is 4.68. The zero-order chi connectivity index (χ0) is 16.1. The van der Waals surface area contributed by atoms with Gasteiger partial charge in [-0.2, -0.15) is 0 Å². The molecule has 0 aliphatic carbocycles. The summed E-state index contributed by atoms with van der Waals surface area (Å²) < 4.78 is 7.89. The number of halogens is 1. The molecule has 2 heterocycles. The quantitative estimate of drug-likeness (QED) is 0.373. The summed E-state index contributed by atoms with van der Waals surface area (Å²) in [4.78, 5) is 16.5. The second kappa shape index (κ2) is 7.07. The molecule has 0 amide bonds. The summed E-state index contributed by atoms with van der Waals surface area (Å²) in [5, 5.41) is 0. The highest BCUT2D eigenvalue weighted by Gasteiger charge is 2.15. The van der Waals surface area contributed by atoms with E-state index in [-0.39, 0.29) is 5.78 Å². The van der Waals surface area contributed by atoms with Gasteiger partial charge in [-0.05, 0) is 35.9 Å². The number of carbonyl (C=O) groups is 1. The third-order valence-corrected chi connectivity index (χ3v) is 3.70. The lowest BCUT2D eigenvalue weighted by Crippen LogP contribution is -2.07. The van der Waals surface area contributed by atoms with E-state index in [0.717, 1.165) is 10.0 Å². The molecule has 114 valence electrons. The van der Waals surface area contributed by atoms with Gasteiger partial charge in [0.1, 0.15) is 0 Å². The first-order chi connectivity index (χ1) is 11.2. The Morgan fingerprint density at radius 3 is 2.70 bits per heavy atom. The average molecular weight is 369 g/mol. The fourth-order valence-electron chi connectivity index (χ4n) is 2.04. The molecule has 0 atom stereocenters. The van der Waals surface area contributed by atoms with Gasteiger partial charge in [0.15, 0.2) is 5.76 Å². The van der Waals surface area contributed by atoms with Crippen molar-refractivity contribution in [2.45, 2.75) is 0 Å². The standard InChI is InChI=1S/C18H13BrN2O2/c19-15-8-6-14(7-9-15)3-1-4-16(21-11-10-20-13-21)18(22)17-5-2-12-23-17/h1-13H/b3-1+,16-4-. The maximum absolute atomic E-state index is 12.5. The lowest BCUT2D eigenvalue weighted by Gasteiger charge is -2.04. The van der Waals surface area contributed by atoms with Crippen LogP contribution in [0.15, 0.2) is 82.4 Å². The SMILES string of the molecule is O=C(/C(=C/C=C/c1ccc(Br)cc1)n1ccnc1)c1ccco1. The molecule has 5 heteroatoms. The predicted molar refractivity (Wildman–Crippen MR) is 92.7 cm³/mol. The minimum Gasteiger partial charge on any atom is -0.461 e. The van der Waals surface area contributed by atoms with E-state index >= 15 is 0 Å². The number of rotatable bonds is 5. The third-order valence-electron chi connectivity index (χ3n) is 3.17. The van der Waals surface area contributed by atoms with Crippen molar-refractivity contribution in [2.75, 3.05) is 0 Å². The van der Waals surface area contributed by atoms with E-state index < -0.39 is 0 Å². The summed E-state index contributed by atoms with van der Waals surface area (Å²) in [6, 6.07) is 11.2. The van der Waals surface area contributed by atoms with E-state index in [1.807, 2.05) is 36.4 Å². The molecule has 3 rings (SSSR count). The van der Waals surface area contributed by atoms with Gasteiger partial charge in [-0.15, -0.1) is 0 Å². The number of carbonyl (C=O) groups excluding carboxylic acids is 1. The first-order valence-electron chi connectivity index (χ1n) is 6.94. The van der Waals surface area contributed by atoms with Gasteiger partial charge in [0.25, 0.3) is 0 Å². The minimum absolute atomic E-state index is 0.201. The van der Waals surface area contributed by atoms with Crippen LogP contribution in [0.25, 0.3) is 11.8 Å². The number of hydrogen-bond donors (Lipinski definition) is 0. The van der Waals surface area contributed by atoms with Crippen LogP contribution in [-0.2, 0) is 0 Å². The van der Waals surface area contributed by atoms with Crippen molar-refractivity contribution in [1.82, 2.24) is 9.55 Å². The van der Waals surface area contributed by atoms with Gasteiger partial charge in [0.2, 0.25) is 5.78 Å². The molecule has 0 N–H and O–H groups in total. The summed E-state index contributed by atoms with van der Waals surface area (Å²) in [7, 11) is 0. The second-order valence-electron chi connectivity index (χ2n) is 4.74. The zero-order valence-electron chi connectivity index (χ0n) is 12.1. The van der Waals surface area contributed by atoms with Crippen LogP contribution in [0.4, 0.5) is 0 Å². The number of allylic oxidation sites excluding steroid dienone is 3. The molecule has 0 aliphatic heterocycles. The predicted octanol–water partition coefficient (Wildman–Crippen LogP) is 4.68. The molecule has 23 heavy (non-hydrogen) atoms. The Balaban J connectivity index is 1.89. The van der Waals surface area contributed by atoms with Gasteiger partial charge in [-0.25, -0.2) is 4.98 Å². The van der Waals surface area contributed by atoms with Crippen LogP contribution < -0.4 is 0 Å². The van der Waals surface area contributed by atoms with Crippen molar-refractivity contribution in [3.63, 3.8) is 0 Å². The summed E-state index contributed by atoms with van der Waals surface area (Å²) in [6.07, 6.45) is 11.9. The zero-order valence-corrected chi connectivity index (χ0v) is 13.7. The van der Waals surface area contributed by atoms with Crippen LogP contribution in [0.1, 0.15) is 16.1 Å². The Bertz CT molecular complexity index is 830. The van der Waals surface area contributed by atoms with E-state index in [4.69, 9.17) is 4.42 Å². The number of Topliss-reactive ketones (excluding diaryl/α,β-unsaturated/α-hetero) is 1. The van der Waals surface area contributed by atoms with Crippen molar-refractivity contribution in [3.05, 3.63) is 89.3 Å². The first-order valence-corrected chi connectivity index (χ1v) is 7.74. The Morgan fingerprint density at radius 2 is 2.04 bits per heavy atom. The van der Waals surface area contributed by atoms with Crippen LogP contribution in [0, 0.1) is 0 Å². The first kappa shape index (κ1) is 15.2. The number of ketones is 1. The summed E-state index contributed by atoms with van der Waals surface area (Å²) in [5.74, 6) is 0.0930.